The van der Waals surface area contributed by atoms with Gasteiger partial charge in [-0.25, -0.2) is 4.39 Å². The Hall–Kier alpha value is -2.73. The number of fused-ring (bicyclic) bond motifs is 1. The molecule has 24 heavy (non-hydrogen) atoms. The third-order valence-electron chi connectivity index (χ3n) is 4.06. The van der Waals surface area contributed by atoms with E-state index in [0.717, 1.165) is 11.1 Å². The van der Waals surface area contributed by atoms with Crippen LogP contribution in [-0.2, 0) is 22.4 Å². The number of rotatable bonds is 3. The number of benzene rings is 2. The van der Waals surface area contributed by atoms with Crippen LogP contribution in [0.1, 0.15) is 11.1 Å². The van der Waals surface area contributed by atoms with E-state index in [1.54, 1.807) is 6.07 Å². The van der Waals surface area contributed by atoms with Crippen LogP contribution in [0.15, 0.2) is 48.5 Å². The fraction of sp³-hybridized carbons (Fsp3) is 0.222. The predicted molar refractivity (Wildman–Crippen MR) is 86.8 cm³/mol. The number of halogens is 1. The zero-order valence-electron chi connectivity index (χ0n) is 12.9. The zero-order valence-corrected chi connectivity index (χ0v) is 12.9. The molecule has 0 spiro atoms. The van der Waals surface area contributed by atoms with Crippen molar-refractivity contribution in [1.29, 1.82) is 0 Å². The largest absolute Gasteiger partial charge is 0.387 e. The first-order valence-electron chi connectivity index (χ1n) is 7.60. The second-order valence-electron chi connectivity index (χ2n) is 5.96. The van der Waals surface area contributed by atoms with Crippen molar-refractivity contribution in [3.63, 3.8) is 0 Å². The van der Waals surface area contributed by atoms with E-state index in [2.05, 4.69) is 10.6 Å². The van der Waals surface area contributed by atoms with Crippen molar-refractivity contribution >= 4 is 17.5 Å². The van der Waals surface area contributed by atoms with E-state index in [1.807, 2.05) is 24.3 Å². The Bertz CT molecular complexity index is 766. The first kappa shape index (κ1) is 16.1. The molecule has 3 rings (SSSR count). The number of nitrogens with one attached hydrogen (secondary N) is 2. The number of amides is 2. The number of hydrogen-bond acceptors (Lipinski definition) is 3. The van der Waals surface area contributed by atoms with Gasteiger partial charge >= 0.3 is 11.8 Å². The highest BCUT2D eigenvalue weighted by atomic mass is 19.1. The monoisotopic (exact) mass is 328 g/mol. The molecule has 0 aromatic heterocycles. The molecule has 1 aliphatic rings. The van der Waals surface area contributed by atoms with Gasteiger partial charge in [-0.3, -0.25) is 9.59 Å². The van der Waals surface area contributed by atoms with Gasteiger partial charge in [0.15, 0.2) is 0 Å². The van der Waals surface area contributed by atoms with Gasteiger partial charge in [-0.2, -0.15) is 0 Å². The number of anilines is 1. The minimum absolute atomic E-state index is 0.0504. The van der Waals surface area contributed by atoms with E-state index < -0.39 is 23.2 Å². The summed E-state index contributed by atoms with van der Waals surface area (Å²) in [6, 6.07) is 13.2. The Morgan fingerprint density at radius 1 is 1.00 bits per heavy atom. The quantitative estimate of drug-likeness (QED) is 0.746. The van der Waals surface area contributed by atoms with E-state index in [9.17, 15) is 19.1 Å². The fourth-order valence-corrected chi connectivity index (χ4v) is 2.87. The lowest BCUT2D eigenvalue weighted by Crippen LogP contribution is -2.46. The van der Waals surface area contributed by atoms with Gasteiger partial charge in [-0.15, -0.1) is 0 Å². The van der Waals surface area contributed by atoms with Crippen LogP contribution in [0, 0.1) is 5.82 Å². The summed E-state index contributed by atoms with van der Waals surface area (Å²) in [5.41, 5.74) is 0.886. The highest BCUT2D eigenvalue weighted by Gasteiger charge is 2.35. The molecule has 3 N–H and O–H groups in total. The summed E-state index contributed by atoms with van der Waals surface area (Å²) in [6.07, 6.45) is 0.830. The molecule has 2 aromatic carbocycles. The van der Waals surface area contributed by atoms with Crippen LogP contribution in [0.5, 0.6) is 0 Å². The average Bonchev–Trinajstić information content (AvgIpc) is 2.91. The van der Waals surface area contributed by atoms with Gasteiger partial charge in [0.25, 0.3) is 0 Å². The van der Waals surface area contributed by atoms with Crippen LogP contribution in [0.3, 0.4) is 0 Å². The molecule has 0 saturated heterocycles. The zero-order chi connectivity index (χ0) is 17.2. The van der Waals surface area contributed by atoms with Crippen molar-refractivity contribution in [2.24, 2.45) is 0 Å². The molecule has 0 heterocycles. The normalized spacial score (nSPS) is 14.8. The number of aliphatic hydroxyl groups is 1. The molecule has 0 unspecified atom stereocenters. The molecular formula is C18H17FN2O3. The van der Waals surface area contributed by atoms with Gasteiger partial charge < -0.3 is 15.7 Å². The molecule has 2 amide bonds. The van der Waals surface area contributed by atoms with Crippen molar-refractivity contribution in [3.05, 3.63) is 65.5 Å². The third kappa shape index (κ3) is 3.44. The van der Waals surface area contributed by atoms with Crippen LogP contribution in [0.4, 0.5) is 10.1 Å². The molecule has 0 radical (unpaired) electrons. The fourth-order valence-electron chi connectivity index (χ4n) is 2.87. The smallest absolute Gasteiger partial charge is 0.313 e. The number of hydrogen-bond donors (Lipinski definition) is 3. The minimum Gasteiger partial charge on any atom is -0.387 e. The van der Waals surface area contributed by atoms with Crippen LogP contribution >= 0.6 is 0 Å². The summed E-state index contributed by atoms with van der Waals surface area (Å²) in [5.74, 6) is -2.51. The van der Waals surface area contributed by atoms with Gasteiger partial charge in [0, 0.05) is 19.4 Å². The van der Waals surface area contributed by atoms with Crippen molar-refractivity contribution in [2.75, 3.05) is 11.9 Å². The van der Waals surface area contributed by atoms with Gasteiger partial charge in [-0.1, -0.05) is 36.4 Å². The molecule has 0 fully saturated rings. The Labute approximate surface area is 138 Å². The summed E-state index contributed by atoms with van der Waals surface area (Å²) in [6.45, 7) is -0.0504. The maximum Gasteiger partial charge on any atom is 0.313 e. The second-order valence-corrected chi connectivity index (χ2v) is 5.96. The van der Waals surface area contributed by atoms with Crippen LogP contribution < -0.4 is 10.6 Å². The lowest BCUT2D eigenvalue weighted by Gasteiger charge is -2.22. The molecule has 124 valence electrons. The summed E-state index contributed by atoms with van der Waals surface area (Å²) < 4.78 is 13.5. The lowest BCUT2D eigenvalue weighted by atomic mass is 10.0. The second kappa shape index (κ2) is 6.41. The lowest BCUT2D eigenvalue weighted by molar-refractivity contribution is -0.136. The number of para-hydroxylation sites is 1. The first-order valence-corrected chi connectivity index (χ1v) is 7.60. The number of carbonyl (C=O) groups excluding carboxylic acids is 2. The molecule has 1 aliphatic carbocycles. The highest BCUT2D eigenvalue weighted by Crippen LogP contribution is 2.29. The summed E-state index contributed by atoms with van der Waals surface area (Å²) in [5, 5.41) is 15.2. The van der Waals surface area contributed by atoms with Crippen molar-refractivity contribution in [2.45, 2.75) is 18.4 Å². The maximum absolute atomic E-state index is 13.5. The molecule has 2 aromatic rings. The first-order chi connectivity index (χ1) is 11.5. The SMILES string of the molecule is O=C(NCC1(O)Cc2ccccc2C1)C(=O)Nc1ccccc1F. The van der Waals surface area contributed by atoms with Gasteiger partial charge in [-0.05, 0) is 23.3 Å². The average molecular weight is 328 g/mol. The topological polar surface area (TPSA) is 78.4 Å². The molecule has 6 heteroatoms. The number of carbonyl (C=O) groups is 2. The van der Waals surface area contributed by atoms with Crippen LogP contribution in [0.2, 0.25) is 0 Å². The molecular weight excluding hydrogens is 311 g/mol. The van der Waals surface area contributed by atoms with E-state index in [-0.39, 0.29) is 12.2 Å². The Kier molecular flexibility index (Phi) is 4.31. The Morgan fingerprint density at radius 2 is 1.58 bits per heavy atom. The predicted octanol–water partition coefficient (Wildman–Crippen LogP) is 1.41. The van der Waals surface area contributed by atoms with E-state index in [4.69, 9.17) is 0 Å². The molecule has 0 saturated carbocycles. The van der Waals surface area contributed by atoms with E-state index in [0.29, 0.717) is 12.8 Å². The van der Waals surface area contributed by atoms with Gasteiger partial charge in [0.1, 0.15) is 5.82 Å². The Balaban J connectivity index is 1.56. The minimum atomic E-state index is -1.11. The van der Waals surface area contributed by atoms with Crippen molar-refractivity contribution in [3.8, 4) is 0 Å². The van der Waals surface area contributed by atoms with Crippen LogP contribution in [0.25, 0.3) is 0 Å². The summed E-state index contributed by atoms with van der Waals surface area (Å²) in [7, 11) is 0. The molecule has 0 aliphatic heterocycles. The van der Waals surface area contributed by atoms with E-state index >= 15 is 0 Å². The van der Waals surface area contributed by atoms with Gasteiger partial charge in [0.05, 0.1) is 11.3 Å². The van der Waals surface area contributed by atoms with Crippen LogP contribution in [-0.4, -0.2) is 29.1 Å². The van der Waals surface area contributed by atoms with Crippen molar-refractivity contribution in [1.82, 2.24) is 5.32 Å². The summed E-state index contributed by atoms with van der Waals surface area (Å²) in [4.78, 5) is 23.7. The van der Waals surface area contributed by atoms with Crippen molar-refractivity contribution < 1.29 is 19.1 Å². The standard InChI is InChI=1S/C18H17FN2O3/c19-14-7-3-4-8-15(14)21-17(23)16(22)20-11-18(24)9-12-5-1-2-6-13(12)10-18/h1-8,24H,9-11H2,(H,20,22)(H,21,23). The third-order valence-corrected chi connectivity index (χ3v) is 4.06. The Morgan fingerprint density at radius 3 is 2.21 bits per heavy atom. The summed E-state index contributed by atoms with van der Waals surface area (Å²) >= 11 is 0. The highest BCUT2D eigenvalue weighted by molar-refractivity contribution is 6.39. The molecule has 5 nitrogen and oxygen atoms in total. The maximum atomic E-state index is 13.5. The molecule has 0 bridgehead atoms. The van der Waals surface area contributed by atoms with Gasteiger partial charge in [0.2, 0.25) is 0 Å². The molecule has 0 atom stereocenters. The van der Waals surface area contributed by atoms with E-state index in [1.165, 1.54) is 18.2 Å².